The normalized spacial score (nSPS) is 15.2. The van der Waals surface area contributed by atoms with Crippen LogP contribution in [0.15, 0.2) is 0 Å². The molecule has 0 rings (SSSR count). The van der Waals surface area contributed by atoms with Crippen molar-refractivity contribution >= 4 is 37.7 Å². The van der Waals surface area contributed by atoms with Gasteiger partial charge in [0.25, 0.3) is 0 Å². The van der Waals surface area contributed by atoms with Gasteiger partial charge < -0.3 is 0 Å². The summed E-state index contributed by atoms with van der Waals surface area (Å²) in [5, 5.41) is -2.76. The Balaban J connectivity index is 4.33. The van der Waals surface area contributed by atoms with Crippen LogP contribution >= 0.6 is 28.9 Å². The summed E-state index contributed by atoms with van der Waals surface area (Å²) in [6, 6.07) is 0.787. The molecule has 4 nitrogen and oxygen atoms in total. The second kappa shape index (κ2) is 8.59. The van der Waals surface area contributed by atoms with E-state index < -0.39 is 14.0 Å². The molecule has 0 saturated carbocycles. The average Bonchev–Trinajstić information content (AvgIpc) is 2.23. The van der Waals surface area contributed by atoms with E-state index in [1.165, 1.54) is 11.4 Å². The fourth-order valence-corrected chi connectivity index (χ4v) is 8.00. The molecule has 0 unspecified atom stereocenters. The van der Waals surface area contributed by atoms with Crippen LogP contribution in [0.3, 0.4) is 0 Å². The third-order valence-corrected chi connectivity index (χ3v) is 10.4. The van der Waals surface area contributed by atoms with Gasteiger partial charge >= 0.3 is 128 Å². The second-order valence-electron chi connectivity index (χ2n) is 4.78. The van der Waals surface area contributed by atoms with Gasteiger partial charge in [0.15, 0.2) is 0 Å². The van der Waals surface area contributed by atoms with Crippen molar-refractivity contribution in [2.75, 3.05) is 38.9 Å². The van der Waals surface area contributed by atoms with Gasteiger partial charge in [0, 0.05) is 0 Å². The number of hydrogen-bond acceptors (Lipinski definition) is 6. The maximum atomic E-state index is 10.1. The zero-order valence-electron chi connectivity index (χ0n) is 12.7. The first-order valence-electron chi connectivity index (χ1n) is 6.72. The van der Waals surface area contributed by atoms with Gasteiger partial charge in [0.1, 0.15) is 0 Å². The van der Waals surface area contributed by atoms with Crippen molar-refractivity contribution in [3.05, 3.63) is 0 Å². The molecule has 0 heterocycles. The number of hydrogen-bond donors (Lipinski definition) is 2. The van der Waals surface area contributed by atoms with E-state index in [0.717, 1.165) is 18.2 Å². The van der Waals surface area contributed by atoms with Crippen molar-refractivity contribution in [3.63, 3.8) is 0 Å². The van der Waals surface area contributed by atoms with Gasteiger partial charge in [0.05, 0.1) is 0 Å². The topological polar surface area (TPSA) is 47.9 Å². The van der Waals surface area contributed by atoms with E-state index >= 15 is 0 Å². The first-order valence-corrected chi connectivity index (χ1v) is 14.5. The Bertz CT molecular complexity index is 235. The molecule has 0 saturated heterocycles. The monoisotopic (exact) mass is 348 g/mol. The minimum atomic E-state index is -2.76. The van der Waals surface area contributed by atoms with E-state index in [2.05, 4.69) is 12.2 Å². The number of rotatable bonds is 11. The Hall–Kier alpha value is 1.19. The van der Waals surface area contributed by atoms with Crippen molar-refractivity contribution in [3.8, 4) is 0 Å². The van der Waals surface area contributed by atoms with Gasteiger partial charge in [-0.2, -0.15) is 0 Å². The maximum absolute atomic E-state index is 10.1. The van der Waals surface area contributed by atoms with Gasteiger partial charge in [0.2, 0.25) is 0 Å². The molecule has 0 amide bonds. The molecule has 0 aliphatic rings. The van der Waals surface area contributed by atoms with Crippen LogP contribution in [0.5, 0.6) is 0 Å². The molecular weight excluding hydrogens is 319 g/mol. The Morgan fingerprint density at radius 3 is 1.79 bits per heavy atom. The fraction of sp³-hybridized carbons (Fsp3) is 1.00. The Morgan fingerprint density at radius 1 is 1.05 bits per heavy atom. The van der Waals surface area contributed by atoms with Gasteiger partial charge in [-0.1, -0.05) is 0 Å². The third kappa shape index (κ3) is 10.5. The molecule has 0 aromatic rings. The van der Waals surface area contributed by atoms with E-state index in [-0.39, 0.29) is 0 Å². The molecule has 0 aromatic heterocycles. The summed E-state index contributed by atoms with van der Waals surface area (Å²) in [6.07, 6.45) is 0.900. The molecule has 0 aliphatic carbocycles. The van der Waals surface area contributed by atoms with Crippen molar-refractivity contribution < 1.29 is 18.2 Å². The molecule has 19 heavy (non-hydrogen) atoms. The molecule has 0 fully saturated rings. The second-order valence-corrected chi connectivity index (χ2v) is 20.3. The SMILES string of the molecule is CCO[Si](CCCSP(C)(C)(O)S)(OCC)OCC. The molecule has 118 valence electrons. The van der Waals surface area contributed by atoms with Gasteiger partial charge in [-0.15, -0.1) is 0 Å². The predicted octanol–water partition coefficient (Wildman–Crippen LogP) is 3.64. The van der Waals surface area contributed by atoms with Crippen LogP contribution in [0.1, 0.15) is 27.2 Å². The summed E-state index contributed by atoms with van der Waals surface area (Å²) in [7, 11) is -2.52. The summed E-state index contributed by atoms with van der Waals surface area (Å²) in [4.78, 5) is 10.1. The summed E-state index contributed by atoms with van der Waals surface area (Å²) >= 11 is 5.88. The summed E-state index contributed by atoms with van der Waals surface area (Å²) in [5.74, 6) is 0.840. The van der Waals surface area contributed by atoms with E-state index in [1.807, 2.05) is 34.1 Å². The van der Waals surface area contributed by atoms with E-state index in [0.29, 0.717) is 19.8 Å². The quantitative estimate of drug-likeness (QED) is 0.258. The van der Waals surface area contributed by atoms with Gasteiger partial charge in [-0.05, 0) is 0 Å². The third-order valence-electron chi connectivity index (χ3n) is 2.19. The van der Waals surface area contributed by atoms with Gasteiger partial charge in [-0.25, -0.2) is 0 Å². The fourth-order valence-electron chi connectivity index (χ4n) is 1.62. The molecule has 0 bridgehead atoms. The molecular formula is C11H29O4PS2Si. The van der Waals surface area contributed by atoms with Crippen LogP contribution in [-0.4, -0.2) is 52.6 Å². The zero-order chi connectivity index (χ0) is 15.0. The van der Waals surface area contributed by atoms with Crippen molar-refractivity contribution in [1.29, 1.82) is 0 Å². The Kier molecular flexibility index (Phi) is 9.12. The average molecular weight is 349 g/mol. The van der Waals surface area contributed by atoms with Crippen molar-refractivity contribution in [2.24, 2.45) is 0 Å². The van der Waals surface area contributed by atoms with Crippen LogP contribution in [0, 0.1) is 0 Å². The first-order chi connectivity index (χ1) is 8.64. The molecule has 0 radical (unpaired) electrons. The molecule has 0 aliphatic heterocycles. The van der Waals surface area contributed by atoms with Crippen LogP contribution < -0.4 is 0 Å². The molecule has 8 heteroatoms. The summed E-state index contributed by atoms with van der Waals surface area (Å²) in [5.41, 5.74) is 0. The summed E-state index contributed by atoms with van der Waals surface area (Å²) in [6.45, 7) is 11.3. The van der Waals surface area contributed by atoms with Crippen LogP contribution in [-0.2, 0) is 13.3 Å². The van der Waals surface area contributed by atoms with Crippen LogP contribution in [0.2, 0.25) is 6.04 Å². The van der Waals surface area contributed by atoms with Crippen molar-refractivity contribution in [2.45, 2.75) is 33.2 Å². The van der Waals surface area contributed by atoms with Crippen LogP contribution in [0.25, 0.3) is 0 Å². The predicted molar refractivity (Wildman–Crippen MR) is 92.5 cm³/mol. The molecule has 1 N–H and O–H groups in total. The van der Waals surface area contributed by atoms with E-state index in [4.69, 9.17) is 13.3 Å². The van der Waals surface area contributed by atoms with Crippen LogP contribution in [0.4, 0.5) is 0 Å². The Morgan fingerprint density at radius 2 is 1.47 bits per heavy atom. The van der Waals surface area contributed by atoms with Crippen molar-refractivity contribution in [1.82, 2.24) is 0 Å². The molecule has 0 aromatic carbocycles. The van der Waals surface area contributed by atoms with E-state index in [1.54, 1.807) is 0 Å². The zero-order valence-corrected chi connectivity index (χ0v) is 16.3. The number of thiol groups is 1. The minimum absolute atomic E-state index is 0.604. The molecule has 0 spiro atoms. The van der Waals surface area contributed by atoms with Gasteiger partial charge in [-0.3, -0.25) is 0 Å². The van der Waals surface area contributed by atoms with E-state index in [9.17, 15) is 4.89 Å². The standard InChI is InChI=1S/C11H29O4PS2Si/c1-6-13-19(14-7-2,15-8-3)11-9-10-18-16(4,5,12)17/h12,17H,6-11H2,1-5H3. The summed E-state index contributed by atoms with van der Waals surface area (Å²) < 4.78 is 17.3. The first kappa shape index (κ1) is 20.2. The Labute approximate surface area is 128 Å². The molecule has 0 atom stereocenters.